The maximum absolute atomic E-state index is 12.2. The number of amides is 1. The molecule has 0 unspecified atom stereocenters. The predicted octanol–water partition coefficient (Wildman–Crippen LogP) is 1.64. The van der Waals surface area contributed by atoms with Crippen LogP contribution >= 0.6 is 0 Å². The second-order valence-electron chi connectivity index (χ2n) is 5.10. The number of nitrogens with zero attached hydrogens (tertiary/aromatic N) is 1. The molecule has 4 nitrogen and oxygen atoms in total. The van der Waals surface area contributed by atoms with Gasteiger partial charge in [0.15, 0.2) is 0 Å². The van der Waals surface area contributed by atoms with Crippen molar-refractivity contribution in [2.75, 3.05) is 7.05 Å². The molecule has 2 aliphatic carbocycles. The molecular weight excluding hydrogens is 206 g/mol. The molecule has 0 heterocycles. The zero-order valence-corrected chi connectivity index (χ0v) is 9.74. The molecule has 0 aromatic carbocycles. The van der Waals surface area contributed by atoms with Crippen LogP contribution in [0.1, 0.15) is 44.9 Å². The van der Waals surface area contributed by atoms with Gasteiger partial charge in [-0.1, -0.05) is 19.3 Å². The number of carbonyl (C=O) groups excluding carboxylic acids is 1. The van der Waals surface area contributed by atoms with Gasteiger partial charge in [-0.3, -0.25) is 9.59 Å². The third-order valence-electron chi connectivity index (χ3n) is 4.22. The summed E-state index contributed by atoms with van der Waals surface area (Å²) in [5.41, 5.74) is -1.09. The minimum atomic E-state index is -1.09. The summed E-state index contributed by atoms with van der Waals surface area (Å²) in [6, 6.07) is 0.268. The number of carbonyl (C=O) groups is 2. The first-order valence-corrected chi connectivity index (χ1v) is 6.08. The van der Waals surface area contributed by atoms with E-state index in [1.165, 1.54) is 0 Å². The maximum Gasteiger partial charge on any atom is 0.319 e. The Morgan fingerprint density at radius 3 is 2.12 bits per heavy atom. The van der Waals surface area contributed by atoms with Crippen LogP contribution in [0.25, 0.3) is 0 Å². The summed E-state index contributed by atoms with van der Waals surface area (Å²) in [5, 5.41) is 9.20. The normalized spacial score (nSPS) is 23.8. The van der Waals surface area contributed by atoms with Gasteiger partial charge in [-0.2, -0.15) is 0 Å². The Hall–Kier alpha value is -1.06. The summed E-state index contributed by atoms with van der Waals surface area (Å²) in [6.07, 6.45) is 6.24. The lowest BCUT2D eigenvalue weighted by molar-refractivity contribution is -0.167. The van der Waals surface area contributed by atoms with E-state index in [9.17, 15) is 14.7 Å². The molecule has 16 heavy (non-hydrogen) atoms. The summed E-state index contributed by atoms with van der Waals surface area (Å²) in [6.45, 7) is 0. The maximum atomic E-state index is 12.2. The Labute approximate surface area is 95.6 Å². The fourth-order valence-corrected chi connectivity index (χ4v) is 2.84. The van der Waals surface area contributed by atoms with Gasteiger partial charge in [0.1, 0.15) is 5.41 Å². The van der Waals surface area contributed by atoms with E-state index in [1.807, 2.05) is 0 Å². The van der Waals surface area contributed by atoms with Crippen molar-refractivity contribution in [2.45, 2.75) is 51.0 Å². The van der Waals surface area contributed by atoms with Crippen molar-refractivity contribution in [3.05, 3.63) is 0 Å². The number of hydrogen-bond acceptors (Lipinski definition) is 2. The summed E-state index contributed by atoms with van der Waals surface area (Å²) in [7, 11) is 1.77. The minimum Gasteiger partial charge on any atom is -0.480 e. The lowest BCUT2D eigenvalue weighted by Crippen LogP contribution is -2.53. The summed E-state index contributed by atoms with van der Waals surface area (Å²) in [4.78, 5) is 25.1. The summed E-state index contributed by atoms with van der Waals surface area (Å²) < 4.78 is 0. The van der Waals surface area contributed by atoms with Gasteiger partial charge in [0.2, 0.25) is 5.91 Å². The molecule has 1 N–H and O–H groups in total. The van der Waals surface area contributed by atoms with E-state index in [4.69, 9.17) is 0 Å². The highest BCUT2D eigenvalue weighted by Gasteiger charge is 2.53. The first kappa shape index (κ1) is 11.4. The lowest BCUT2D eigenvalue weighted by Gasteiger charge is -2.40. The highest BCUT2D eigenvalue weighted by Crippen LogP contribution is 2.43. The second kappa shape index (κ2) is 4.07. The standard InChI is InChI=1S/C12H19NO3/c1-13(9-5-2-3-6-9)10(14)12(11(15)16)7-4-8-12/h9H,2-8H2,1H3,(H,15,16). The molecule has 0 bridgehead atoms. The van der Waals surface area contributed by atoms with Crippen molar-refractivity contribution < 1.29 is 14.7 Å². The summed E-state index contributed by atoms with van der Waals surface area (Å²) >= 11 is 0. The van der Waals surface area contributed by atoms with Crippen LogP contribution in [0.15, 0.2) is 0 Å². The molecule has 0 aromatic heterocycles. The average molecular weight is 225 g/mol. The van der Waals surface area contributed by atoms with Gasteiger partial charge in [0.25, 0.3) is 0 Å². The molecule has 2 rings (SSSR count). The zero-order chi connectivity index (χ0) is 11.8. The van der Waals surface area contributed by atoms with Crippen LogP contribution in [-0.2, 0) is 9.59 Å². The molecule has 2 fully saturated rings. The quantitative estimate of drug-likeness (QED) is 0.743. The predicted molar refractivity (Wildman–Crippen MR) is 58.9 cm³/mol. The van der Waals surface area contributed by atoms with Crippen molar-refractivity contribution in [1.82, 2.24) is 4.90 Å². The third-order valence-corrected chi connectivity index (χ3v) is 4.22. The van der Waals surface area contributed by atoms with Gasteiger partial charge in [-0.15, -0.1) is 0 Å². The Morgan fingerprint density at radius 2 is 1.75 bits per heavy atom. The van der Waals surface area contributed by atoms with Crippen LogP contribution in [0.3, 0.4) is 0 Å². The lowest BCUT2D eigenvalue weighted by atomic mass is 9.67. The van der Waals surface area contributed by atoms with E-state index in [0.29, 0.717) is 12.8 Å². The second-order valence-corrected chi connectivity index (χ2v) is 5.10. The van der Waals surface area contributed by atoms with Crippen molar-refractivity contribution in [1.29, 1.82) is 0 Å². The number of carboxylic acids is 1. The number of aliphatic carboxylic acids is 1. The SMILES string of the molecule is CN(C(=O)C1(C(=O)O)CCC1)C1CCCC1. The van der Waals surface area contributed by atoms with E-state index in [0.717, 1.165) is 32.1 Å². The van der Waals surface area contributed by atoms with Crippen LogP contribution in [0.4, 0.5) is 0 Å². The zero-order valence-electron chi connectivity index (χ0n) is 9.74. The van der Waals surface area contributed by atoms with Crippen LogP contribution in [0.5, 0.6) is 0 Å². The van der Waals surface area contributed by atoms with Crippen LogP contribution < -0.4 is 0 Å². The van der Waals surface area contributed by atoms with Crippen molar-refractivity contribution in [2.24, 2.45) is 5.41 Å². The molecule has 1 amide bonds. The molecule has 0 saturated heterocycles. The van der Waals surface area contributed by atoms with Crippen LogP contribution in [0.2, 0.25) is 0 Å². The Kier molecular flexibility index (Phi) is 2.91. The Balaban J connectivity index is 2.08. The van der Waals surface area contributed by atoms with Crippen molar-refractivity contribution in [3.63, 3.8) is 0 Å². The van der Waals surface area contributed by atoms with Gasteiger partial charge >= 0.3 is 5.97 Å². The van der Waals surface area contributed by atoms with E-state index >= 15 is 0 Å². The van der Waals surface area contributed by atoms with Crippen LogP contribution in [-0.4, -0.2) is 35.0 Å². The molecule has 0 aromatic rings. The van der Waals surface area contributed by atoms with E-state index in [2.05, 4.69) is 0 Å². The molecular formula is C12H19NO3. The van der Waals surface area contributed by atoms with Crippen LogP contribution in [0, 0.1) is 5.41 Å². The fraction of sp³-hybridized carbons (Fsp3) is 0.833. The first-order chi connectivity index (χ1) is 7.58. The molecule has 2 aliphatic rings. The molecule has 2 saturated carbocycles. The summed E-state index contributed by atoms with van der Waals surface area (Å²) in [5.74, 6) is -1.10. The van der Waals surface area contributed by atoms with Gasteiger partial charge in [-0.05, 0) is 25.7 Å². The Morgan fingerprint density at radius 1 is 1.19 bits per heavy atom. The smallest absolute Gasteiger partial charge is 0.319 e. The number of hydrogen-bond donors (Lipinski definition) is 1. The van der Waals surface area contributed by atoms with Gasteiger partial charge in [-0.25, -0.2) is 0 Å². The van der Waals surface area contributed by atoms with E-state index < -0.39 is 11.4 Å². The van der Waals surface area contributed by atoms with Gasteiger partial charge < -0.3 is 10.0 Å². The van der Waals surface area contributed by atoms with Crippen molar-refractivity contribution in [3.8, 4) is 0 Å². The fourth-order valence-electron chi connectivity index (χ4n) is 2.84. The Bertz CT molecular complexity index is 303. The highest BCUT2D eigenvalue weighted by atomic mass is 16.4. The number of rotatable bonds is 3. The molecule has 0 spiro atoms. The first-order valence-electron chi connectivity index (χ1n) is 6.08. The molecule has 4 heteroatoms. The third kappa shape index (κ3) is 1.60. The minimum absolute atomic E-state index is 0.168. The highest BCUT2D eigenvalue weighted by molar-refractivity contribution is 6.02. The topological polar surface area (TPSA) is 57.6 Å². The number of carboxylic acid groups (broad SMARTS) is 1. The molecule has 0 radical (unpaired) electrons. The van der Waals surface area contributed by atoms with Gasteiger partial charge in [0, 0.05) is 13.1 Å². The van der Waals surface area contributed by atoms with E-state index in [-0.39, 0.29) is 11.9 Å². The van der Waals surface area contributed by atoms with E-state index in [1.54, 1.807) is 11.9 Å². The molecule has 90 valence electrons. The monoisotopic (exact) mass is 225 g/mol. The van der Waals surface area contributed by atoms with Gasteiger partial charge in [0.05, 0.1) is 0 Å². The molecule has 0 atom stereocenters. The molecule has 0 aliphatic heterocycles. The largest absolute Gasteiger partial charge is 0.480 e. The van der Waals surface area contributed by atoms with Crippen molar-refractivity contribution >= 4 is 11.9 Å². The average Bonchev–Trinajstić information content (AvgIpc) is 2.66.